The van der Waals surface area contributed by atoms with Gasteiger partial charge in [0.05, 0.1) is 17.3 Å². The Hall–Kier alpha value is -4.00. The van der Waals surface area contributed by atoms with Crippen molar-refractivity contribution >= 4 is 34.6 Å². The van der Waals surface area contributed by atoms with Gasteiger partial charge in [-0.15, -0.1) is 0 Å². The lowest BCUT2D eigenvalue weighted by atomic mass is 9.96. The minimum Gasteiger partial charge on any atom is -0.336 e. The number of rotatable bonds is 6. The zero-order valence-corrected chi connectivity index (χ0v) is 21.4. The van der Waals surface area contributed by atoms with E-state index in [1.54, 1.807) is 0 Å². The summed E-state index contributed by atoms with van der Waals surface area (Å²) in [6, 6.07) is 38.7. The molecule has 0 spiro atoms. The number of amides is 1. The van der Waals surface area contributed by atoms with Crippen LogP contribution in [0, 0.1) is 0 Å². The normalized spacial score (nSPS) is 13.8. The van der Waals surface area contributed by atoms with Crippen LogP contribution < -0.4 is 10.6 Å². The van der Waals surface area contributed by atoms with Crippen molar-refractivity contribution < 1.29 is 4.79 Å². The van der Waals surface area contributed by atoms with Gasteiger partial charge in [-0.05, 0) is 47.6 Å². The predicted molar refractivity (Wildman–Crippen MR) is 155 cm³/mol. The molecule has 2 N–H and O–H groups in total. The van der Waals surface area contributed by atoms with Gasteiger partial charge in [-0.2, -0.15) is 0 Å². The van der Waals surface area contributed by atoms with Crippen LogP contribution in [0.1, 0.15) is 27.5 Å². The number of hydrogen-bond acceptors (Lipinski definition) is 3. The van der Waals surface area contributed by atoms with E-state index in [0.29, 0.717) is 29.5 Å². The number of hydrogen-bond donors (Lipinski definition) is 2. The van der Waals surface area contributed by atoms with E-state index in [-0.39, 0.29) is 11.9 Å². The van der Waals surface area contributed by atoms with Gasteiger partial charge in [0.25, 0.3) is 5.91 Å². The molecule has 6 heteroatoms. The van der Waals surface area contributed by atoms with E-state index in [4.69, 9.17) is 12.2 Å². The number of benzene rings is 4. The number of anilines is 2. The van der Waals surface area contributed by atoms with Gasteiger partial charge >= 0.3 is 0 Å². The average molecular weight is 507 g/mol. The summed E-state index contributed by atoms with van der Waals surface area (Å²) in [5.74, 6) is 0.0150. The van der Waals surface area contributed by atoms with Gasteiger partial charge in [0.15, 0.2) is 5.11 Å². The molecule has 1 heterocycles. The highest BCUT2D eigenvalue weighted by Gasteiger charge is 2.29. The van der Waals surface area contributed by atoms with Gasteiger partial charge in [-0.1, -0.05) is 91.0 Å². The largest absolute Gasteiger partial charge is 0.336 e. The molecule has 0 bridgehead atoms. The van der Waals surface area contributed by atoms with Crippen LogP contribution in [0.3, 0.4) is 0 Å². The molecule has 0 radical (unpaired) electrons. The number of para-hydroxylation sites is 2. The molecular formula is C31H30N4OS. The lowest BCUT2D eigenvalue weighted by Gasteiger charge is -2.40. The molecule has 0 saturated carbocycles. The average Bonchev–Trinajstić information content (AvgIpc) is 2.95. The molecule has 37 heavy (non-hydrogen) atoms. The number of nitrogens with zero attached hydrogens (tertiary/aromatic N) is 2. The van der Waals surface area contributed by atoms with E-state index in [0.717, 1.165) is 18.8 Å². The molecule has 4 aromatic rings. The summed E-state index contributed by atoms with van der Waals surface area (Å²) in [5.41, 5.74) is 4.75. The van der Waals surface area contributed by atoms with E-state index >= 15 is 0 Å². The maximum Gasteiger partial charge on any atom is 0.256 e. The van der Waals surface area contributed by atoms with Gasteiger partial charge in [0.2, 0.25) is 0 Å². The van der Waals surface area contributed by atoms with Gasteiger partial charge in [-0.3, -0.25) is 9.69 Å². The maximum absolute atomic E-state index is 13.6. The van der Waals surface area contributed by atoms with Crippen LogP contribution in [-0.2, 0) is 0 Å². The molecule has 1 aliphatic rings. The molecule has 1 amide bonds. The van der Waals surface area contributed by atoms with E-state index in [1.165, 1.54) is 11.1 Å². The Balaban J connectivity index is 1.27. The lowest BCUT2D eigenvalue weighted by molar-refractivity contribution is 0.0598. The first-order chi connectivity index (χ1) is 18.2. The number of thiocarbonyl (C=S) groups is 1. The van der Waals surface area contributed by atoms with E-state index in [9.17, 15) is 4.79 Å². The monoisotopic (exact) mass is 506 g/mol. The quantitative estimate of drug-likeness (QED) is 0.312. The summed E-state index contributed by atoms with van der Waals surface area (Å²) in [7, 11) is 0. The second-order valence-electron chi connectivity index (χ2n) is 9.04. The minimum atomic E-state index is 0.0150. The molecule has 0 atom stereocenters. The lowest BCUT2D eigenvalue weighted by Crippen LogP contribution is -2.50. The molecule has 0 aliphatic carbocycles. The van der Waals surface area contributed by atoms with Crippen molar-refractivity contribution in [3.05, 3.63) is 132 Å². The molecule has 4 aromatic carbocycles. The zero-order chi connectivity index (χ0) is 25.5. The standard InChI is InChI=1S/C31H30N4OS/c36-30(27-18-10-11-19-28(27)33-31(37)32-26-16-8-3-9-17-26)35-22-20-34(21-23-35)29(24-12-4-1-5-13-24)25-14-6-2-7-15-25/h1-19,29H,20-23H2,(H2,32,33,37). The van der Waals surface area contributed by atoms with Crippen LogP contribution in [0.15, 0.2) is 115 Å². The van der Waals surface area contributed by atoms with Crippen LogP contribution in [0.5, 0.6) is 0 Å². The van der Waals surface area contributed by atoms with Crippen molar-refractivity contribution in [3.8, 4) is 0 Å². The summed E-state index contributed by atoms with van der Waals surface area (Å²) in [6.45, 7) is 2.92. The molecule has 0 aromatic heterocycles. The molecule has 186 valence electrons. The summed E-state index contributed by atoms with van der Waals surface area (Å²) in [5, 5.41) is 6.83. The third-order valence-electron chi connectivity index (χ3n) is 6.63. The Morgan fingerprint density at radius 2 is 1.16 bits per heavy atom. The Bertz CT molecular complexity index is 1280. The molecule has 5 rings (SSSR count). The van der Waals surface area contributed by atoms with Crippen molar-refractivity contribution in [2.24, 2.45) is 0 Å². The van der Waals surface area contributed by atoms with Gasteiger partial charge in [-0.25, -0.2) is 0 Å². The topological polar surface area (TPSA) is 47.6 Å². The third-order valence-corrected chi connectivity index (χ3v) is 6.84. The van der Waals surface area contributed by atoms with Gasteiger partial charge in [0.1, 0.15) is 0 Å². The van der Waals surface area contributed by atoms with Crippen molar-refractivity contribution in [3.63, 3.8) is 0 Å². The van der Waals surface area contributed by atoms with Crippen LogP contribution in [0.2, 0.25) is 0 Å². The summed E-state index contributed by atoms with van der Waals surface area (Å²) < 4.78 is 0. The van der Waals surface area contributed by atoms with E-state index in [1.807, 2.05) is 59.5 Å². The summed E-state index contributed by atoms with van der Waals surface area (Å²) in [4.78, 5) is 18.0. The Labute approximate surface area is 223 Å². The summed E-state index contributed by atoms with van der Waals surface area (Å²) >= 11 is 5.50. The molecule has 1 saturated heterocycles. The molecular weight excluding hydrogens is 476 g/mol. The molecule has 5 nitrogen and oxygen atoms in total. The van der Waals surface area contributed by atoms with Crippen molar-refractivity contribution in [2.75, 3.05) is 36.8 Å². The number of carbonyl (C=O) groups excluding carboxylic acids is 1. The first kappa shape index (κ1) is 24.7. The van der Waals surface area contributed by atoms with Crippen molar-refractivity contribution in [2.45, 2.75) is 6.04 Å². The van der Waals surface area contributed by atoms with Crippen molar-refractivity contribution in [1.29, 1.82) is 0 Å². The van der Waals surface area contributed by atoms with Crippen LogP contribution in [0.4, 0.5) is 11.4 Å². The van der Waals surface area contributed by atoms with Crippen LogP contribution in [-0.4, -0.2) is 47.0 Å². The highest BCUT2D eigenvalue weighted by Crippen LogP contribution is 2.30. The van der Waals surface area contributed by atoms with Crippen LogP contribution in [0.25, 0.3) is 0 Å². The van der Waals surface area contributed by atoms with E-state index < -0.39 is 0 Å². The smallest absolute Gasteiger partial charge is 0.256 e. The fraction of sp³-hybridized carbons (Fsp3) is 0.161. The molecule has 0 unspecified atom stereocenters. The van der Waals surface area contributed by atoms with Gasteiger partial charge in [0, 0.05) is 31.9 Å². The predicted octanol–water partition coefficient (Wildman–Crippen LogP) is 6.04. The third kappa shape index (κ3) is 6.05. The Morgan fingerprint density at radius 3 is 1.76 bits per heavy atom. The maximum atomic E-state index is 13.6. The first-order valence-corrected chi connectivity index (χ1v) is 12.9. The highest BCUT2D eigenvalue weighted by molar-refractivity contribution is 7.80. The fourth-order valence-electron chi connectivity index (χ4n) is 4.82. The first-order valence-electron chi connectivity index (χ1n) is 12.5. The highest BCUT2D eigenvalue weighted by atomic mass is 32.1. The summed E-state index contributed by atoms with van der Waals surface area (Å²) in [6.07, 6.45) is 0. The fourth-order valence-corrected chi connectivity index (χ4v) is 5.05. The Kier molecular flexibility index (Phi) is 7.89. The van der Waals surface area contributed by atoms with Crippen molar-refractivity contribution in [1.82, 2.24) is 9.80 Å². The number of carbonyl (C=O) groups is 1. The second kappa shape index (κ2) is 11.8. The SMILES string of the molecule is O=C(c1ccccc1NC(=S)Nc1ccccc1)N1CCN(C(c2ccccc2)c2ccccc2)CC1. The van der Waals surface area contributed by atoms with Gasteiger partial charge < -0.3 is 15.5 Å². The molecule has 1 fully saturated rings. The van der Waals surface area contributed by atoms with E-state index in [2.05, 4.69) is 76.2 Å². The Morgan fingerprint density at radius 1 is 0.649 bits per heavy atom. The van der Waals surface area contributed by atoms with Crippen LogP contribution >= 0.6 is 12.2 Å². The second-order valence-corrected chi connectivity index (χ2v) is 9.45. The molecule has 1 aliphatic heterocycles. The minimum absolute atomic E-state index is 0.0150. The number of piperazine rings is 1. The zero-order valence-electron chi connectivity index (χ0n) is 20.6. The number of nitrogens with one attached hydrogen (secondary N) is 2.